The molecule has 3 aromatic rings. The van der Waals surface area contributed by atoms with E-state index in [1.54, 1.807) is 13.8 Å². The van der Waals surface area contributed by atoms with Crippen molar-refractivity contribution in [1.82, 2.24) is 14.3 Å². The quantitative estimate of drug-likeness (QED) is 0.311. The number of hydrogen-bond donors (Lipinski definition) is 1. The van der Waals surface area contributed by atoms with Crippen LogP contribution in [0.2, 0.25) is 0 Å². The van der Waals surface area contributed by atoms with Crippen molar-refractivity contribution in [2.45, 2.75) is 20.2 Å². The molecule has 1 fully saturated rings. The van der Waals surface area contributed by atoms with Crippen LogP contribution in [0, 0.1) is 5.92 Å². The zero-order chi connectivity index (χ0) is 27.8. The zero-order valence-electron chi connectivity index (χ0n) is 20.3. The summed E-state index contributed by atoms with van der Waals surface area (Å²) < 4.78 is 62.6. The van der Waals surface area contributed by atoms with Gasteiger partial charge in [0.25, 0.3) is 24.5 Å². The molecule has 2 unspecified atom stereocenters. The van der Waals surface area contributed by atoms with Crippen molar-refractivity contribution in [3.05, 3.63) is 42.5 Å². The molecule has 202 valence electrons. The summed E-state index contributed by atoms with van der Waals surface area (Å²) in [5.41, 5.74) is 0.695. The number of anilines is 1. The number of alkyl halides is 3. The van der Waals surface area contributed by atoms with Gasteiger partial charge in [0.2, 0.25) is 5.91 Å². The molecule has 0 aliphatic carbocycles. The predicted molar refractivity (Wildman–Crippen MR) is 133 cm³/mol. The number of carbonyl (C=O) groups is 3. The first-order valence-electron chi connectivity index (χ1n) is 11.3. The van der Waals surface area contributed by atoms with E-state index in [9.17, 15) is 32.1 Å². The van der Waals surface area contributed by atoms with Crippen molar-refractivity contribution in [2.75, 3.05) is 25.1 Å². The van der Waals surface area contributed by atoms with Gasteiger partial charge in [0.1, 0.15) is 11.5 Å². The molecule has 3 amide bonds. The van der Waals surface area contributed by atoms with Crippen LogP contribution in [0.25, 0.3) is 10.2 Å². The molecule has 0 saturated carbocycles. The molecule has 1 aliphatic rings. The van der Waals surface area contributed by atoms with Crippen LogP contribution in [0.15, 0.2) is 42.5 Å². The standard InChI is InChI=1S/C23H22F3N4O6PS/c1-4-30-21(33)18(20(32)29(3)37(30,34)5-2)19(31)27-13-6-8-14(9-7-13)35-22-28-16-11-10-15(12-17(16)38-22)36-23(24,25)26/h6-12,18H,4-5H2,1-3H3,(H,27,31). The van der Waals surface area contributed by atoms with Crippen LogP contribution in [-0.2, 0) is 18.9 Å². The first-order valence-corrected chi connectivity index (χ1v) is 13.9. The van der Waals surface area contributed by atoms with Gasteiger partial charge in [-0.05, 0) is 43.3 Å². The van der Waals surface area contributed by atoms with Crippen LogP contribution >= 0.6 is 18.8 Å². The Hall–Kier alpha value is -3.64. The maximum absolute atomic E-state index is 13.2. The Balaban J connectivity index is 1.45. The van der Waals surface area contributed by atoms with Gasteiger partial charge in [-0.3, -0.25) is 28.3 Å². The molecule has 4 rings (SSSR count). The topological polar surface area (TPSA) is 118 Å². The molecule has 2 atom stereocenters. The fraction of sp³-hybridized carbons (Fsp3) is 0.304. The largest absolute Gasteiger partial charge is 0.573 e. The molecule has 1 saturated heterocycles. The van der Waals surface area contributed by atoms with Gasteiger partial charge in [0.15, 0.2) is 5.92 Å². The highest BCUT2D eigenvalue weighted by Gasteiger charge is 2.52. The van der Waals surface area contributed by atoms with Crippen molar-refractivity contribution in [1.29, 1.82) is 0 Å². The SMILES string of the molecule is CCN1C(=O)C(C(=O)Nc2ccc(Oc3nc4ccc(OC(F)(F)F)cc4s3)cc2)C(=O)N(C)P1(=O)CC. The molecule has 0 bridgehead atoms. The van der Waals surface area contributed by atoms with E-state index in [1.807, 2.05) is 0 Å². The summed E-state index contributed by atoms with van der Waals surface area (Å²) in [5.74, 6) is -4.22. The summed E-state index contributed by atoms with van der Waals surface area (Å²) in [5, 5.41) is 2.69. The van der Waals surface area contributed by atoms with Crippen molar-refractivity contribution in [3.8, 4) is 16.7 Å². The Bertz CT molecular complexity index is 1450. The summed E-state index contributed by atoms with van der Waals surface area (Å²) >= 11 is 1.01. The average molecular weight is 570 g/mol. The highest BCUT2D eigenvalue weighted by Crippen LogP contribution is 2.55. The minimum atomic E-state index is -4.81. The number of thiazole rings is 1. The lowest BCUT2D eigenvalue weighted by Crippen LogP contribution is -2.55. The first-order chi connectivity index (χ1) is 17.9. The van der Waals surface area contributed by atoms with Gasteiger partial charge >= 0.3 is 6.36 Å². The Morgan fingerprint density at radius 1 is 1.11 bits per heavy atom. The molecule has 15 heteroatoms. The highest BCUT2D eigenvalue weighted by atomic mass is 32.1. The molecule has 1 aliphatic heterocycles. The number of carbonyl (C=O) groups excluding carboxylic acids is 3. The monoisotopic (exact) mass is 570 g/mol. The molecular formula is C23H22F3N4O6PS. The van der Waals surface area contributed by atoms with Crippen molar-refractivity contribution in [2.24, 2.45) is 5.92 Å². The van der Waals surface area contributed by atoms with E-state index in [-0.39, 0.29) is 29.3 Å². The van der Waals surface area contributed by atoms with E-state index in [0.29, 0.717) is 16.0 Å². The Labute approximate surface area is 218 Å². The van der Waals surface area contributed by atoms with Crippen LogP contribution in [0.4, 0.5) is 18.9 Å². The smallest absolute Gasteiger partial charge is 0.431 e. The van der Waals surface area contributed by atoms with E-state index in [2.05, 4.69) is 15.0 Å². The molecule has 0 spiro atoms. The molecule has 38 heavy (non-hydrogen) atoms. The van der Waals surface area contributed by atoms with Crippen molar-refractivity contribution >= 4 is 52.4 Å². The lowest BCUT2D eigenvalue weighted by molar-refractivity contribution is -0.274. The molecule has 2 aromatic carbocycles. The highest BCUT2D eigenvalue weighted by molar-refractivity contribution is 7.60. The number of aromatic nitrogens is 1. The van der Waals surface area contributed by atoms with Gasteiger partial charge in [-0.25, -0.2) is 4.98 Å². The van der Waals surface area contributed by atoms with Crippen molar-refractivity contribution < 1.29 is 41.6 Å². The lowest BCUT2D eigenvalue weighted by atomic mass is 10.1. The molecule has 0 radical (unpaired) electrons. The molecule has 2 heterocycles. The number of amides is 3. The number of hydrogen-bond acceptors (Lipinski definition) is 8. The van der Waals surface area contributed by atoms with Gasteiger partial charge in [-0.15, -0.1) is 13.2 Å². The van der Waals surface area contributed by atoms with Gasteiger partial charge in [-0.2, -0.15) is 0 Å². The average Bonchev–Trinajstić information content (AvgIpc) is 3.24. The van der Waals surface area contributed by atoms with Crippen LogP contribution in [0.5, 0.6) is 16.7 Å². The number of rotatable bonds is 7. The fourth-order valence-electron chi connectivity index (χ4n) is 3.94. The van der Waals surface area contributed by atoms with Gasteiger partial charge in [0, 0.05) is 31.5 Å². The number of nitrogens with one attached hydrogen (secondary N) is 1. The summed E-state index contributed by atoms with van der Waals surface area (Å²) in [6.07, 6.45) is -4.74. The Morgan fingerprint density at radius 2 is 1.76 bits per heavy atom. The molecular weight excluding hydrogens is 548 g/mol. The fourth-order valence-corrected chi connectivity index (χ4v) is 7.18. The first kappa shape index (κ1) is 27.4. The number of nitrogens with zero attached hydrogens (tertiary/aromatic N) is 3. The summed E-state index contributed by atoms with van der Waals surface area (Å²) in [7, 11) is -2.10. The summed E-state index contributed by atoms with van der Waals surface area (Å²) in [4.78, 5) is 42.8. The van der Waals surface area contributed by atoms with Crippen LogP contribution < -0.4 is 14.8 Å². The third kappa shape index (κ3) is 5.32. The Morgan fingerprint density at radius 3 is 2.37 bits per heavy atom. The maximum atomic E-state index is 13.2. The summed E-state index contributed by atoms with van der Waals surface area (Å²) in [6.45, 7) is 3.32. The van der Waals surface area contributed by atoms with E-state index >= 15 is 0 Å². The third-order valence-electron chi connectivity index (χ3n) is 5.79. The van der Waals surface area contributed by atoms with Crippen LogP contribution in [0.3, 0.4) is 0 Å². The Kier molecular flexibility index (Phi) is 7.39. The second kappa shape index (κ2) is 10.3. The van der Waals surface area contributed by atoms with Gasteiger partial charge < -0.3 is 14.8 Å². The number of benzene rings is 2. The molecule has 1 aromatic heterocycles. The zero-order valence-corrected chi connectivity index (χ0v) is 22.0. The maximum Gasteiger partial charge on any atom is 0.573 e. The molecule has 1 N–H and O–H groups in total. The van der Waals surface area contributed by atoms with E-state index in [1.165, 1.54) is 43.4 Å². The second-order valence-corrected chi connectivity index (χ2v) is 12.1. The minimum Gasteiger partial charge on any atom is -0.431 e. The van der Waals surface area contributed by atoms with Crippen molar-refractivity contribution in [3.63, 3.8) is 0 Å². The molecule has 10 nitrogen and oxygen atoms in total. The third-order valence-corrected chi connectivity index (χ3v) is 9.88. The van der Waals surface area contributed by atoms with Gasteiger partial charge in [-0.1, -0.05) is 18.3 Å². The lowest BCUT2D eigenvalue weighted by Gasteiger charge is -2.42. The van der Waals surface area contributed by atoms with Gasteiger partial charge in [0.05, 0.1) is 10.2 Å². The van der Waals surface area contributed by atoms with E-state index in [0.717, 1.165) is 26.7 Å². The normalized spacial score (nSPS) is 20.1. The predicted octanol–water partition coefficient (Wildman–Crippen LogP) is 5.08. The number of ether oxygens (including phenoxy) is 2. The van der Waals surface area contributed by atoms with Crippen LogP contribution in [-0.4, -0.2) is 58.2 Å². The summed E-state index contributed by atoms with van der Waals surface area (Å²) in [6, 6.07) is 9.69. The van der Waals surface area contributed by atoms with E-state index in [4.69, 9.17) is 4.74 Å². The number of halogens is 3. The number of fused-ring (bicyclic) bond motifs is 1. The van der Waals surface area contributed by atoms with E-state index < -0.39 is 37.4 Å². The minimum absolute atomic E-state index is 0.0712. The van der Waals surface area contributed by atoms with Crippen LogP contribution in [0.1, 0.15) is 13.8 Å². The second-order valence-electron chi connectivity index (χ2n) is 8.10.